The van der Waals surface area contributed by atoms with E-state index >= 15 is 0 Å². The lowest BCUT2D eigenvalue weighted by Gasteiger charge is -2.11. The van der Waals surface area contributed by atoms with E-state index in [1.165, 1.54) is 6.07 Å². The zero-order chi connectivity index (χ0) is 14.5. The molecular formula is C13H19NO4S. The summed E-state index contributed by atoms with van der Waals surface area (Å²) in [6, 6.07) is 6.44. The van der Waals surface area contributed by atoms with Gasteiger partial charge in [-0.2, -0.15) is 0 Å². The number of benzene rings is 1. The number of rotatable bonds is 6. The van der Waals surface area contributed by atoms with Crippen LogP contribution in [0.5, 0.6) is 5.75 Å². The predicted octanol–water partition coefficient (Wildman–Crippen LogP) is 1.94. The van der Waals surface area contributed by atoms with Crippen LogP contribution in [0.2, 0.25) is 0 Å². The molecule has 0 fully saturated rings. The molecule has 1 amide bonds. The van der Waals surface area contributed by atoms with Gasteiger partial charge in [0, 0.05) is 5.56 Å². The Morgan fingerprint density at radius 1 is 1.37 bits per heavy atom. The molecule has 0 bridgehead atoms. The average molecular weight is 285 g/mol. The summed E-state index contributed by atoms with van der Waals surface area (Å²) < 4.78 is 30.5. The summed E-state index contributed by atoms with van der Waals surface area (Å²) in [5, 5.41) is 0. The molecular weight excluding hydrogens is 266 g/mol. The van der Waals surface area contributed by atoms with Gasteiger partial charge in [-0.25, -0.2) is 13.1 Å². The molecule has 1 aromatic rings. The fourth-order valence-electron chi connectivity index (χ4n) is 1.50. The molecule has 0 atom stereocenters. The maximum absolute atomic E-state index is 11.8. The Morgan fingerprint density at radius 3 is 2.63 bits per heavy atom. The molecule has 1 N–H and O–H groups in total. The molecule has 0 unspecified atom stereocenters. The van der Waals surface area contributed by atoms with Crippen molar-refractivity contribution in [2.24, 2.45) is 0 Å². The molecule has 0 saturated carbocycles. The second kappa shape index (κ2) is 6.56. The number of ether oxygens (including phenoxy) is 1. The van der Waals surface area contributed by atoms with E-state index in [9.17, 15) is 13.2 Å². The van der Waals surface area contributed by atoms with Gasteiger partial charge in [0.05, 0.1) is 11.9 Å². The summed E-state index contributed by atoms with van der Waals surface area (Å²) in [6.45, 7) is 5.48. The summed E-state index contributed by atoms with van der Waals surface area (Å²) in [4.78, 5) is 11.8. The molecule has 0 spiro atoms. The van der Waals surface area contributed by atoms with Gasteiger partial charge in [-0.3, -0.25) is 4.79 Å². The molecule has 0 saturated heterocycles. The lowest BCUT2D eigenvalue weighted by molar-refractivity contribution is 0.0980. The van der Waals surface area contributed by atoms with Crippen LogP contribution < -0.4 is 9.46 Å². The molecule has 1 rings (SSSR count). The summed E-state index contributed by atoms with van der Waals surface area (Å²) >= 11 is 0. The highest BCUT2D eigenvalue weighted by Crippen LogP contribution is 2.15. The minimum atomic E-state index is -3.56. The number of sulfonamides is 1. The van der Waals surface area contributed by atoms with Crippen molar-refractivity contribution in [1.82, 2.24) is 4.72 Å². The first-order chi connectivity index (χ1) is 8.84. The molecule has 0 aliphatic carbocycles. The maximum atomic E-state index is 11.8. The van der Waals surface area contributed by atoms with E-state index in [0.717, 1.165) is 0 Å². The van der Waals surface area contributed by atoms with Crippen LogP contribution in [0.1, 0.15) is 37.6 Å². The Bertz CT molecular complexity index is 537. The topological polar surface area (TPSA) is 72.5 Å². The van der Waals surface area contributed by atoms with Crippen molar-refractivity contribution in [3.63, 3.8) is 0 Å². The van der Waals surface area contributed by atoms with Crippen LogP contribution >= 0.6 is 0 Å². The molecule has 0 aliphatic heterocycles. The first-order valence-electron chi connectivity index (χ1n) is 6.15. The van der Waals surface area contributed by atoms with Gasteiger partial charge in [0.25, 0.3) is 5.91 Å². The van der Waals surface area contributed by atoms with Crippen molar-refractivity contribution in [1.29, 1.82) is 0 Å². The highest BCUT2D eigenvalue weighted by Gasteiger charge is 2.15. The number of carbonyl (C=O) groups excluding carboxylic acids is 1. The third-order valence-corrected chi connectivity index (χ3v) is 3.63. The molecule has 0 radical (unpaired) electrons. The average Bonchev–Trinajstić information content (AvgIpc) is 2.27. The van der Waals surface area contributed by atoms with Crippen LogP contribution in [0.15, 0.2) is 24.3 Å². The summed E-state index contributed by atoms with van der Waals surface area (Å²) in [7, 11) is -3.56. The van der Waals surface area contributed by atoms with E-state index < -0.39 is 15.9 Å². The smallest absolute Gasteiger partial charge is 0.264 e. The van der Waals surface area contributed by atoms with Crippen molar-refractivity contribution in [3.05, 3.63) is 29.8 Å². The van der Waals surface area contributed by atoms with Gasteiger partial charge < -0.3 is 4.74 Å². The van der Waals surface area contributed by atoms with Gasteiger partial charge in [0.15, 0.2) is 0 Å². The Hall–Kier alpha value is -1.56. The van der Waals surface area contributed by atoms with E-state index in [4.69, 9.17) is 4.74 Å². The lowest BCUT2D eigenvalue weighted by atomic mass is 10.2. The third kappa shape index (κ3) is 5.30. The maximum Gasteiger partial charge on any atom is 0.264 e. The molecule has 19 heavy (non-hydrogen) atoms. The van der Waals surface area contributed by atoms with E-state index in [-0.39, 0.29) is 17.4 Å². The molecule has 5 nitrogen and oxygen atoms in total. The van der Waals surface area contributed by atoms with E-state index in [0.29, 0.717) is 12.2 Å². The monoisotopic (exact) mass is 285 g/mol. The second-order valence-electron chi connectivity index (χ2n) is 4.44. The Balaban J connectivity index is 2.83. The lowest BCUT2D eigenvalue weighted by Crippen LogP contribution is -2.32. The zero-order valence-electron chi connectivity index (χ0n) is 11.3. The minimum Gasteiger partial charge on any atom is -0.491 e. The number of hydrogen-bond acceptors (Lipinski definition) is 4. The van der Waals surface area contributed by atoms with Gasteiger partial charge >= 0.3 is 0 Å². The van der Waals surface area contributed by atoms with Gasteiger partial charge in [0.1, 0.15) is 5.75 Å². The van der Waals surface area contributed by atoms with Crippen molar-refractivity contribution >= 4 is 15.9 Å². The fraction of sp³-hybridized carbons (Fsp3) is 0.462. The summed E-state index contributed by atoms with van der Waals surface area (Å²) in [5.74, 6) is -0.167. The molecule has 0 aromatic heterocycles. The van der Waals surface area contributed by atoms with E-state index in [1.54, 1.807) is 25.1 Å². The highest BCUT2D eigenvalue weighted by molar-refractivity contribution is 7.90. The number of hydrogen-bond donors (Lipinski definition) is 1. The third-order valence-electron chi connectivity index (χ3n) is 2.19. The zero-order valence-corrected chi connectivity index (χ0v) is 12.2. The van der Waals surface area contributed by atoms with Crippen LogP contribution in [0.4, 0.5) is 0 Å². The SMILES string of the molecule is CCCS(=O)(=O)NC(=O)c1cccc(OC(C)C)c1. The first kappa shape index (κ1) is 15.5. The Morgan fingerprint density at radius 2 is 2.05 bits per heavy atom. The fourth-order valence-corrected chi connectivity index (χ4v) is 2.54. The number of nitrogens with one attached hydrogen (secondary N) is 1. The Labute approximate surface area is 114 Å². The largest absolute Gasteiger partial charge is 0.491 e. The standard InChI is InChI=1S/C13H19NO4S/c1-4-8-19(16,17)14-13(15)11-6-5-7-12(9-11)18-10(2)3/h5-7,9-10H,4,8H2,1-3H3,(H,14,15). The Kier molecular flexibility index (Phi) is 5.35. The highest BCUT2D eigenvalue weighted by atomic mass is 32.2. The number of carbonyl (C=O) groups is 1. The van der Waals surface area contributed by atoms with Crippen LogP contribution in [0, 0.1) is 0 Å². The second-order valence-corrected chi connectivity index (χ2v) is 6.29. The van der Waals surface area contributed by atoms with Crippen LogP contribution in [-0.4, -0.2) is 26.2 Å². The van der Waals surface area contributed by atoms with Gasteiger partial charge in [-0.05, 0) is 38.5 Å². The quantitative estimate of drug-likeness (QED) is 0.867. The van der Waals surface area contributed by atoms with Crippen molar-refractivity contribution in [2.75, 3.05) is 5.75 Å². The van der Waals surface area contributed by atoms with Crippen molar-refractivity contribution < 1.29 is 17.9 Å². The van der Waals surface area contributed by atoms with Gasteiger partial charge in [-0.15, -0.1) is 0 Å². The van der Waals surface area contributed by atoms with Crippen molar-refractivity contribution in [2.45, 2.75) is 33.3 Å². The van der Waals surface area contributed by atoms with E-state index in [1.807, 2.05) is 18.6 Å². The van der Waals surface area contributed by atoms with Crippen LogP contribution in [-0.2, 0) is 10.0 Å². The van der Waals surface area contributed by atoms with E-state index in [2.05, 4.69) is 0 Å². The minimum absolute atomic E-state index is 0.0119. The molecule has 6 heteroatoms. The van der Waals surface area contributed by atoms with Gasteiger partial charge in [-0.1, -0.05) is 13.0 Å². The first-order valence-corrected chi connectivity index (χ1v) is 7.81. The summed E-state index contributed by atoms with van der Waals surface area (Å²) in [6.07, 6.45) is 0.446. The predicted molar refractivity (Wildman–Crippen MR) is 73.8 cm³/mol. The summed E-state index contributed by atoms with van der Waals surface area (Å²) in [5.41, 5.74) is 0.262. The molecule has 1 aromatic carbocycles. The van der Waals surface area contributed by atoms with Gasteiger partial charge in [0.2, 0.25) is 10.0 Å². The van der Waals surface area contributed by atoms with Crippen LogP contribution in [0.25, 0.3) is 0 Å². The normalized spacial score (nSPS) is 11.4. The molecule has 0 heterocycles. The molecule has 106 valence electrons. The van der Waals surface area contributed by atoms with Crippen molar-refractivity contribution in [3.8, 4) is 5.75 Å². The number of amides is 1. The van der Waals surface area contributed by atoms with Crippen LogP contribution in [0.3, 0.4) is 0 Å². The molecule has 0 aliphatic rings.